The highest BCUT2D eigenvalue weighted by Gasteiger charge is 2.03. The van der Waals surface area contributed by atoms with Gasteiger partial charge in [-0.2, -0.15) is 11.8 Å². The molecule has 6 heteroatoms. The zero-order valence-corrected chi connectivity index (χ0v) is 14.5. The van der Waals surface area contributed by atoms with Gasteiger partial charge in [0, 0.05) is 29.9 Å². The molecule has 3 N–H and O–H groups in total. The van der Waals surface area contributed by atoms with E-state index in [-0.39, 0.29) is 5.82 Å². The van der Waals surface area contributed by atoms with Gasteiger partial charge in [0.25, 0.3) is 0 Å². The highest BCUT2D eigenvalue weighted by atomic mass is 32.2. The second kappa shape index (κ2) is 9.95. The van der Waals surface area contributed by atoms with Crippen LogP contribution in [0, 0.1) is 5.82 Å². The molecule has 0 bridgehead atoms. The average molecular weight is 347 g/mol. The third kappa shape index (κ3) is 5.86. The van der Waals surface area contributed by atoms with Gasteiger partial charge in [0.05, 0.1) is 13.2 Å². The van der Waals surface area contributed by atoms with Crippen LogP contribution >= 0.6 is 11.8 Å². The van der Waals surface area contributed by atoms with Crippen molar-refractivity contribution in [2.24, 2.45) is 10.7 Å². The van der Waals surface area contributed by atoms with Gasteiger partial charge in [-0.05, 0) is 17.7 Å². The van der Waals surface area contributed by atoms with E-state index in [0.717, 1.165) is 17.0 Å². The first-order valence-corrected chi connectivity index (χ1v) is 8.81. The van der Waals surface area contributed by atoms with E-state index in [2.05, 4.69) is 10.3 Å². The molecule has 0 aromatic heterocycles. The molecule has 2 aromatic rings. The van der Waals surface area contributed by atoms with Gasteiger partial charge in [0.15, 0.2) is 5.96 Å². The lowest BCUT2D eigenvalue weighted by Crippen LogP contribution is -2.23. The van der Waals surface area contributed by atoms with Gasteiger partial charge in [-0.15, -0.1) is 0 Å². The maximum absolute atomic E-state index is 13.5. The summed E-state index contributed by atoms with van der Waals surface area (Å²) in [5.41, 5.74) is 8.54. The minimum absolute atomic E-state index is 0.163. The standard InChI is InChI=1S/C18H22FN3OS/c1-23-12-14-6-3-5-9-17(14)22-18(20)21-10-11-24-13-15-7-2-4-8-16(15)19/h2-9H,10-13H2,1H3,(H3,20,21,22). The Kier molecular flexibility index (Phi) is 7.58. The first-order valence-electron chi connectivity index (χ1n) is 7.65. The SMILES string of the molecule is COCc1ccccc1NC(N)=NCCSCc1ccccc1F. The Hall–Kier alpha value is -2.05. The number of aliphatic imine (C=N–C) groups is 1. The fourth-order valence-electron chi connectivity index (χ4n) is 2.13. The minimum atomic E-state index is -0.163. The van der Waals surface area contributed by atoms with E-state index in [4.69, 9.17) is 10.5 Å². The number of halogens is 1. The lowest BCUT2D eigenvalue weighted by atomic mass is 10.2. The second-order valence-corrected chi connectivity index (χ2v) is 6.23. The molecule has 0 amide bonds. The summed E-state index contributed by atoms with van der Waals surface area (Å²) in [5, 5.41) is 3.09. The Morgan fingerprint density at radius 3 is 2.62 bits per heavy atom. The molecule has 0 aliphatic rings. The van der Waals surface area contributed by atoms with E-state index in [9.17, 15) is 4.39 Å². The smallest absolute Gasteiger partial charge is 0.193 e. The number of rotatable bonds is 8. The number of nitrogens with zero attached hydrogens (tertiary/aromatic N) is 1. The van der Waals surface area contributed by atoms with Crippen molar-refractivity contribution >= 4 is 23.4 Å². The molecule has 0 unspecified atom stereocenters. The fourth-order valence-corrected chi connectivity index (χ4v) is 2.95. The van der Waals surface area contributed by atoms with Crippen LogP contribution in [0.1, 0.15) is 11.1 Å². The van der Waals surface area contributed by atoms with Crippen LogP contribution in [0.15, 0.2) is 53.5 Å². The Balaban J connectivity index is 1.77. The van der Waals surface area contributed by atoms with Crippen LogP contribution in [0.5, 0.6) is 0 Å². The Labute approximate surface area is 146 Å². The van der Waals surface area contributed by atoms with Gasteiger partial charge in [-0.3, -0.25) is 4.99 Å². The third-order valence-electron chi connectivity index (χ3n) is 3.31. The predicted molar refractivity (Wildman–Crippen MR) is 99.8 cm³/mol. The molecular formula is C18H22FN3OS. The largest absolute Gasteiger partial charge is 0.380 e. The molecule has 0 radical (unpaired) electrons. The summed E-state index contributed by atoms with van der Waals surface area (Å²) in [6, 6.07) is 14.6. The number of guanidine groups is 1. The third-order valence-corrected chi connectivity index (χ3v) is 4.30. The number of ether oxygens (including phenoxy) is 1. The van der Waals surface area contributed by atoms with Crippen LogP contribution in [-0.4, -0.2) is 25.4 Å². The number of methoxy groups -OCH3 is 1. The highest BCUT2D eigenvalue weighted by Crippen LogP contribution is 2.16. The van der Waals surface area contributed by atoms with E-state index in [1.807, 2.05) is 30.3 Å². The molecule has 128 valence electrons. The van der Waals surface area contributed by atoms with Gasteiger partial charge < -0.3 is 15.8 Å². The fraction of sp³-hybridized carbons (Fsp3) is 0.278. The molecule has 24 heavy (non-hydrogen) atoms. The molecule has 0 aliphatic carbocycles. The monoisotopic (exact) mass is 347 g/mol. The van der Waals surface area contributed by atoms with E-state index in [1.54, 1.807) is 31.0 Å². The molecule has 0 heterocycles. The highest BCUT2D eigenvalue weighted by molar-refractivity contribution is 7.98. The molecule has 0 atom stereocenters. The molecule has 0 saturated heterocycles. The van der Waals surface area contributed by atoms with Gasteiger partial charge in [-0.1, -0.05) is 36.4 Å². The summed E-state index contributed by atoms with van der Waals surface area (Å²) in [4.78, 5) is 4.30. The Morgan fingerprint density at radius 2 is 1.88 bits per heavy atom. The summed E-state index contributed by atoms with van der Waals surface area (Å²) in [6.07, 6.45) is 0. The van der Waals surface area contributed by atoms with Crippen molar-refractivity contribution in [1.29, 1.82) is 0 Å². The number of nitrogens with one attached hydrogen (secondary N) is 1. The number of thioether (sulfide) groups is 1. The lowest BCUT2D eigenvalue weighted by molar-refractivity contribution is 0.185. The molecular weight excluding hydrogens is 325 g/mol. The maximum Gasteiger partial charge on any atom is 0.193 e. The zero-order chi connectivity index (χ0) is 17.2. The molecule has 2 rings (SSSR count). The van der Waals surface area contributed by atoms with Gasteiger partial charge in [0.1, 0.15) is 5.82 Å². The van der Waals surface area contributed by atoms with Gasteiger partial charge in [-0.25, -0.2) is 4.39 Å². The number of para-hydroxylation sites is 1. The number of anilines is 1. The van der Waals surface area contributed by atoms with Crippen LogP contribution in [0.25, 0.3) is 0 Å². The number of benzene rings is 2. The quantitative estimate of drug-likeness (QED) is 0.435. The molecule has 0 fully saturated rings. The van der Waals surface area contributed by atoms with Gasteiger partial charge in [0.2, 0.25) is 0 Å². The summed E-state index contributed by atoms with van der Waals surface area (Å²) in [6.45, 7) is 1.08. The van der Waals surface area contributed by atoms with Crippen molar-refractivity contribution < 1.29 is 9.13 Å². The van der Waals surface area contributed by atoms with Crippen LogP contribution in [0.3, 0.4) is 0 Å². The van der Waals surface area contributed by atoms with E-state index in [0.29, 0.717) is 30.4 Å². The number of hydrogen-bond donors (Lipinski definition) is 2. The molecule has 0 saturated carbocycles. The van der Waals surface area contributed by atoms with Crippen LogP contribution in [0.2, 0.25) is 0 Å². The maximum atomic E-state index is 13.5. The normalized spacial score (nSPS) is 11.5. The van der Waals surface area contributed by atoms with Crippen LogP contribution in [0.4, 0.5) is 10.1 Å². The van der Waals surface area contributed by atoms with Crippen molar-refractivity contribution in [1.82, 2.24) is 0 Å². The summed E-state index contributed by atoms with van der Waals surface area (Å²) < 4.78 is 18.6. The molecule has 0 aliphatic heterocycles. The number of hydrogen-bond acceptors (Lipinski definition) is 3. The van der Waals surface area contributed by atoms with Crippen molar-refractivity contribution in [2.45, 2.75) is 12.4 Å². The molecule has 0 spiro atoms. The van der Waals surface area contributed by atoms with Crippen molar-refractivity contribution in [3.8, 4) is 0 Å². The molecule has 2 aromatic carbocycles. The minimum Gasteiger partial charge on any atom is -0.380 e. The first-order chi connectivity index (χ1) is 11.7. The van der Waals surface area contributed by atoms with Crippen molar-refractivity contribution in [3.05, 3.63) is 65.5 Å². The zero-order valence-electron chi connectivity index (χ0n) is 13.7. The van der Waals surface area contributed by atoms with Gasteiger partial charge >= 0.3 is 0 Å². The summed E-state index contributed by atoms with van der Waals surface area (Å²) >= 11 is 1.63. The topological polar surface area (TPSA) is 59.6 Å². The summed E-state index contributed by atoms with van der Waals surface area (Å²) in [5.74, 6) is 1.61. The number of nitrogens with two attached hydrogens (primary N) is 1. The molecule has 4 nitrogen and oxygen atoms in total. The predicted octanol–water partition coefficient (Wildman–Crippen LogP) is 3.63. The average Bonchev–Trinajstić information content (AvgIpc) is 2.58. The van der Waals surface area contributed by atoms with E-state index >= 15 is 0 Å². The van der Waals surface area contributed by atoms with Crippen LogP contribution in [-0.2, 0) is 17.1 Å². The summed E-state index contributed by atoms with van der Waals surface area (Å²) in [7, 11) is 1.65. The lowest BCUT2D eigenvalue weighted by Gasteiger charge is -2.10. The van der Waals surface area contributed by atoms with Crippen molar-refractivity contribution in [3.63, 3.8) is 0 Å². The Bertz CT molecular complexity index is 679. The second-order valence-electron chi connectivity index (χ2n) is 5.13. The van der Waals surface area contributed by atoms with E-state index < -0.39 is 0 Å². The Morgan fingerprint density at radius 1 is 1.17 bits per heavy atom. The van der Waals surface area contributed by atoms with Crippen molar-refractivity contribution in [2.75, 3.05) is 24.7 Å². The first kappa shape index (κ1) is 18.3. The van der Waals surface area contributed by atoms with Crippen LogP contribution < -0.4 is 11.1 Å². The van der Waals surface area contributed by atoms with E-state index in [1.165, 1.54) is 6.07 Å².